The molecule has 0 unspecified atom stereocenters. The van der Waals surface area contributed by atoms with E-state index in [-0.39, 0.29) is 44.0 Å². The average molecular weight is 521 g/mol. The van der Waals surface area contributed by atoms with Crippen molar-refractivity contribution in [1.29, 1.82) is 0 Å². The van der Waals surface area contributed by atoms with Crippen molar-refractivity contribution in [2.75, 3.05) is 33.9 Å². The maximum atomic E-state index is 14.6. The minimum atomic E-state index is -5.00. The number of likely N-dealkylation sites (tertiary alicyclic amines) is 1. The molecule has 2 aliphatic heterocycles. The number of para-hydroxylation sites is 1. The number of hydrogen-bond donors (Lipinski definition) is 1. The van der Waals surface area contributed by atoms with E-state index in [0.29, 0.717) is 16.9 Å². The Hall–Kier alpha value is -3.27. The highest BCUT2D eigenvalue weighted by Crippen LogP contribution is 2.47. The molecule has 0 aliphatic carbocycles. The van der Waals surface area contributed by atoms with Crippen LogP contribution in [0.25, 0.3) is 0 Å². The second-order valence-electron chi connectivity index (χ2n) is 9.68. The lowest BCUT2D eigenvalue weighted by atomic mass is 9.74. The summed E-state index contributed by atoms with van der Waals surface area (Å²) in [6.45, 7) is 3.55. The van der Waals surface area contributed by atoms with Crippen LogP contribution < -0.4 is 10.1 Å². The lowest BCUT2D eigenvalue weighted by Gasteiger charge is -2.49. The molecule has 1 N–H and O–H groups in total. The molecule has 0 radical (unpaired) electrons. The van der Waals surface area contributed by atoms with Gasteiger partial charge in [-0.15, -0.1) is 0 Å². The number of methoxy groups -OCH3 is 2. The number of piperidine rings is 1. The number of carbonyl (C=O) groups excluding carboxylic acids is 2. The van der Waals surface area contributed by atoms with Crippen LogP contribution in [0.15, 0.2) is 42.5 Å². The zero-order chi connectivity index (χ0) is 27.0. The lowest BCUT2D eigenvalue weighted by Crippen LogP contribution is -2.62. The number of benzene rings is 2. The Bertz CT molecular complexity index is 1160. The fraction of sp³-hybridized carbons (Fsp3) is 0.481. The van der Waals surface area contributed by atoms with Crippen molar-refractivity contribution in [2.45, 2.75) is 50.0 Å². The van der Waals surface area contributed by atoms with Crippen molar-refractivity contribution in [3.63, 3.8) is 0 Å². The first-order valence-electron chi connectivity index (χ1n) is 12.1. The smallest absolute Gasteiger partial charge is 0.430 e. The molecule has 2 fully saturated rings. The SMILES string of the molecule is COc1ccccc1[C@@H]1CNC(=O)OC12CCN(C(=O)[C@@](OC)(c1cc(C)cc(C)c1)C(F)(F)F)CC2. The van der Waals surface area contributed by atoms with Crippen LogP contribution in [0.2, 0.25) is 0 Å². The van der Waals surface area contributed by atoms with Crippen molar-refractivity contribution in [3.8, 4) is 5.75 Å². The van der Waals surface area contributed by atoms with E-state index in [4.69, 9.17) is 14.2 Å². The first-order chi connectivity index (χ1) is 17.5. The van der Waals surface area contributed by atoms with Crippen LogP contribution in [0.3, 0.4) is 0 Å². The van der Waals surface area contributed by atoms with E-state index in [2.05, 4.69) is 5.32 Å². The molecule has 2 aliphatic rings. The molecule has 2 heterocycles. The van der Waals surface area contributed by atoms with Crippen molar-refractivity contribution in [1.82, 2.24) is 10.2 Å². The van der Waals surface area contributed by atoms with Crippen molar-refractivity contribution in [2.24, 2.45) is 0 Å². The van der Waals surface area contributed by atoms with Crippen LogP contribution in [0, 0.1) is 13.8 Å². The second-order valence-corrected chi connectivity index (χ2v) is 9.68. The zero-order valence-corrected chi connectivity index (χ0v) is 21.3. The summed E-state index contributed by atoms with van der Waals surface area (Å²) < 4.78 is 60.3. The molecular weight excluding hydrogens is 489 g/mol. The van der Waals surface area contributed by atoms with Crippen LogP contribution >= 0.6 is 0 Å². The summed E-state index contributed by atoms with van der Waals surface area (Å²) >= 11 is 0. The Morgan fingerprint density at radius 3 is 2.27 bits per heavy atom. The van der Waals surface area contributed by atoms with Gasteiger partial charge in [0.1, 0.15) is 11.4 Å². The van der Waals surface area contributed by atoms with Crippen LogP contribution in [-0.2, 0) is 19.9 Å². The first kappa shape index (κ1) is 26.8. The molecule has 10 heteroatoms. The summed E-state index contributed by atoms with van der Waals surface area (Å²) in [5.41, 5.74) is -2.41. The number of carbonyl (C=O) groups is 2. The highest BCUT2D eigenvalue weighted by molar-refractivity contribution is 5.88. The number of amides is 2. The normalized spacial score (nSPS) is 21.1. The summed E-state index contributed by atoms with van der Waals surface area (Å²) in [6, 6.07) is 11.8. The molecule has 37 heavy (non-hydrogen) atoms. The topological polar surface area (TPSA) is 77.1 Å². The average Bonchev–Trinajstić information content (AvgIpc) is 2.84. The van der Waals surface area contributed by atoms with E-state index in [1.165, 1.54) is 12.1 Å². The Morgan fingerprint density at radius 2 is 1.70 bits per heavy atom. The third-order valence-electron chi connectivity index (χ3n) is 7.43. The molecule has 2 aromatic carbocycles. The molecule has 1 spiro atoms. The van der Waals surface area contributed by atoms with Gasteiger partial charge in [-0.1, -0.05) is 47.5 Å². The van der Waals surface area contributed by atoms with E-state index < -0.39 is 29.4 Å². The van der Waals surface area contributed by atoms with Crippen molar-refractivity contribution in [3.05, 3.63) is 64.7 Å². The van der Waals surface area contributed by atoms with Crippen LogP contribution in [0.4, 0.5) is 18.0 Å². The third-order valence-corrected chi connectivity index (χ3v) is 7.43. The van der Waals surface area contributed by atoms with Gasteiger partial charge in [-0.25, -0.2) is 4.79 Å². The molecule has 4 rings (SSSR count). The maximum absolute atomic E-state index is 14.6. The van der Waals surface area contributed by atoms with E-state index in [1.807, 2.05) is 18.2 Å². The fourth-order valence-corrected chi connectivity index (χ4v) is 5.68. The number of ether oxygens (including phenoxy) is 3. The molecule has 2 atom stereocenters. The molecular formula is C27H31F3N2O5. The standard InChI is InChI=1S/C27H31F3N2O5/c1-17-13-18(2)15-19(14-17)26(36-4,27(28,29)30)23(33)32-11-9-25(10-12-32)21(16-31-24(34)37-25)20-7-5-6-8-22(20)35-3/h5-8,13-15,21H,9-12,16H2,1-4H3,(H,31,34)/t21-,26-/m0/s1. The van der Waals surface area contributed by atoms with Gasteiger partial charge < -0.3 is 24.4 Å². The van der Waals surface area contributed by atoms with Gasteiger partial charge in [0.05, 0.1) is 7.11 Å². The number of nitrogens with one attached hydrogen (secondary N) is 1. The number of alkyl halides is 3. The predicted molar refractivity (Wildman–Crippen MR) is 129 cm³/mol. The molecule has 2 aromatic rings. The van der Waals surface area contributed by atoms with Gasteiger partial charge >= 0.3 is 12.3 Å². The second kappa shape index (κ2) is 9.89. The number of aryl methyl sites for hydroxylation is 2. The number of hydrogen-bond acceptors (Lipinski definition) is 5. The minimum Gasteiger partial charge on any atom is -0.496 e. The largest absolute Gasteiger partial charge is 0.496 e. The summed E-state index contributed by atoms with van der Waals surface area (Å²) in [4.78, 5) is 27.1. The summed E-state index contributed by atoms with van der Waals surface area (Å²) in [5.74, 6) is -0.875. The van der Waals surface area contributed by atoms with Crippen LogP contribution in [0.5, 0.6) is 5.75 Å². The maximum Gasteiger partial charge on any atom is 0.430 e. The molecule has 200 valence electrons. The van der Waals surface area contributed by atoms with Gasteiger partial charge in [0.15, 0.2) is 0 Å². The van der Waals surface area contributed by atoms with Crippen molar-refractivity contribution >= 4 is 12.0 Å². The fourth-order valence-electron chi connectivity index (χ4n) is 5.68. The molecule has 0 bridgehead atoms. The summed E-state index contributed by atoms with van der Waals surface area (Å²) in [6.07, 6.45) is -5.27. The van der Waals surface area contributed by atoms with E-state index in [0.717, 1.165) is 17.6 Å². The summed E-state index contributed by atoms with van der Waals surface area (Å²) in [5, 5.41) is 2.71. The predicted octanol–water partition coefficient (Wildman–Crippen LogP) is 4.60. The van der Waals surface area contributed by atoms with E-state index >= 15 is 0 Å². The van der Waals surface area contributed by atoms with Gasteiger partial charge in [0.25, 0.3) is 11.5 Å². The number of alkyl carbamates (subject to hydrolysis) is 1. The third kappa shape index (κ3) is 4.63. The number of halogens is 3. The van der Waals surface area contributed by atoms with E-state index in [9.17, 15) is 22.8 Å². The quantitative estimate of drug-likeness (QED) is 0.624. The molecule has 0 saturated carbocycles. The van der Waals surface area contributed by atoms with Crippen LogP contribution in [0.1, 0.15) is 41.0 Å². The zero-order valence-electron chi connectivity index (χ0n) is 21.3. The highest BCUT2D eigenvalue weighted by Gasteiger charge is 2.64. The van der Waals surface area contributed by atoms with Gasteiger partial charge in [-0.2, -0.15) is 13.2 Å². The molecule has 7 nitrogen and oxygen atoms in total. The highest BCUT2D eigenvalue weighted by atomic mass is 19.4. The Kier molecular flexibility index (Phi) is 7.16. The number of nitrogens with zero attached hydrogens (tertiary/aromatic N) is 1. The van der Waals surface area contributed by atoms with Crippen molar-refractivity contribution < 1.29 is 37.0 Å². The van der Waals surface area contributed by atoms with Crippen LogP contribution in [-0.4, -0.2) is 62.5 Å². The van der Waals surface area contributed by atoms with Gasteiger partial charge in [-0.3, -0.25) is 4.79 Å². The minimum absolute atomic E-state index is 0.0379. The monoisotopic (exact) mass is 520 g/mol. The van der Waals surface area contributed by atoms with Gasteiger partial charge in [0.2, 0.25) is 0 Å². The number of rotatable bonds is 5. The Labute approximate surface area is 213 Å². The lowest BCUT2D eigenvalue weighted by molar-refractivity contribution is -0.271. The molecule has 2 amide bonds. The molecule has 2 saturated heterocycles. The Morgan fingerprint density at radius 1 is 1.08 bits per heavy atom. The van der Waals surface area contributed by atoms with Gasteiger partial charge in [-0.05, 0) is 19.9 Å². The van der Waals surface area contributed by atoms with E-state index in [1.54, 1.807) is 33.1 Å². The summed E-state index contributed by atoms with van der Waals surface area (Å²) in [7, 11) is 2.45. The van der Waals surface area contributed by atoms with Gasteiger partial charge in [0, 0.05) is 56.6 Å². The Balaban J connectivity index is 1.66. The first-order valence-corrected chi connectivity index (χ1v) is 12.1. The molecule has 0 aromatic heterocycles.